The number of ether oxygens (including phenoxy) is 2. The lowest BCUT2D eigenvalue weighted by Crippen LogP contribution is -2.53. The standard InChI is InChI=1S/C27H34N4O5/c1-17(32)28-21-13-12-20(36-4)14-22(21)29-26(34)16-31-23(18-8-10-19(35-3)11-9-18)15-27(2)24(31)6-5-7-25(33)30-27/h8-14,23-24H,5-7,15-16H2,1-4H3,(H,28,32)(H,29,34)(H,30,33)/t23-,24-,27-/m0/s1. The summed E-state index contributed by atoms with van der Waals surface area (Å²) in [6.45, 7) is 3.62. The highest BCUT2D eigenvalue weighted by molar-refractivity contribution is 6.00. The highest BCUT2D eigenvalue weighted by Crippen LogP contribution is 2.45. The Kier molecular flexibility index (Phi) is 7.49. The highest BCUT2D eigenvalue weighted by atomic mass is 16.5. The Bertz CT molecular complexity index is 1140. The number of carbonyl (C=O) groups excluding carboxylic acids is 3. The van der Waals surface area contributed by atoms with Gasteiger partial charge < -0.3 is 25.4 Å². The van der Waals surface area contributed by atoms with Gasteiger partial charge in [-0.1, -0.05) is 12.1 Å². The molecule has 0 saturated carbocycles. The Morgan fingerprint density at radius 3 is 2.42 bits per heavy atom. The van der Waals surface area contributed by atoms with Gasteiger partial charge in [-0.3, -0.25) is 19.3 Å². The van der Waals surface area contributed by atoms with Gasteiger partial charge in [0.1, 0.15) is 11.5 Å². The molecule has 0 aliphatic carbocycles. The average molecular weight is 495 g/mol. The molecule has 0 aromatic heterocycles. The Morgan fingerprint density at radius 2 is 1.75 bits per heavy atom. The second-order valence-electron chi connectivity index (χ2n) is 9.68. The van der Waals surface area contributed by atoms with E-state index in [4.69, 9.17) is 9.47 Å². The Labute approximate surface area is 211 Å². The molecule has 2 fully saturated rings. The minimum atomic E-state index is -0.449. The van der Waals surface area contributed by atoms with E-state index >= 15 is 0 Å². The van der Waals surface area contributed by atoms with Crippen LogP contribution >= 0.6 is 0 Å². The normalized spacial score (nSPS) is 23.7. The van der Waals surface area contributed by atoms with E-state index in [-0.39, 0.29) is 36.3 Å². The number of likely N-dealkylation sites (tertiary alicyclic amines) is 1. The molecular weight excluding hydrogens is 460 g/mol. The molecule has 2 aliphatic rings. The maximum Gasteiger partial charge on any atom is 0.238 e. The van der Waals surface area contributed by atoms with E-state index in [0.29, 0.717) is 30.0 Å². The number of nitrogens with one attached hydrogen (secondary N) is 3. The Balaban J connectivity index is 1.62. The molecule has 0 radical (unpaired) electrons. The van der Waals surface area contributed by atoms with Crippen LogP contribution in [-0.2, 0) is 14.4 Å². The minimum Gasteiger partial charge on any atom is -0.497 e. The van der Waals surface area contributed by atoms with Crippen LogP contribution in [-0.4, -0.2) is 55.0 Å². The number of amides is 3. The molecule has 4 rings (SSSR count). The van der Waals surface area contributed by atoms with E-state index in [1.54, 1.807) is 32.4 Å². The summed E-state index contributed by atoms with van der Waals surface area (Å²) in [7, 11) is 3.17. The zero-order chi connectivity index (χ0) is 25.9. The van der Waals surface area contributed by atoms with Crippen molar-refractivity contribution in [3.05, 3.63) is 48.0 Å². The minimum absolute atomic E-state index is 0.00178. The van der Waals surface area contributed by atoms with E-state index in [1.165, 1.54) is 6.92 Å². The first-order chi connectivity index (χ1) is 17.2. The fraction of sp³-hybridized carbons (Fsp3) is 0.444. The molecule has 2 heterocycles. The van der Waals surface area contributed by atoms with Gasteiger partial charge in [0, 0.05) is 31.5 Å². The van der Waals surface area contributed by atoms with Crippen LogP contribution in [0.2, 0.25) is 0 Å². The van der Waals surface area contributed by atoms with Crippen molar-refractivity contribution in [2.24, 2.45) is 0 Å². The van der Waals surface area contributed by atoms with Crippen molar-refractivity contribution < 1.29 is 23.9 Å². The van der Waals surface area contributed by atoms with Gasteiger partial charge in [0.2, 0.25) is 17.7 Å². The van der Waals surface area contributed by atoms with Gasteiger partial charge in [0.15, 0.2) is 0 Å². The largest absolute Gasteiger partial charge is 0.497 e. The smallest absolute Gasteiger partial charge is 0.238 e. The van der Waals surface area contributed by atoms with Crippen molar-refractivity contribution in [2.75, 3.05) is 31.4 Å². The molecule has 3 amide bonds. The molecule has 3 N–H and O–H groups in total. The monoisotopic (exact) mass is 494 g/mol. The number of methoxy groups -OCH3 is 2. The zero-order valence-electron chi connectivity index (χ0n) is 21.2. The second-order valence-corrected chi connectivity index (χ2v) is 9.68. The van der Waals surface area contributed by atoms with E-state index in [1.807, 2.05) is 24.3 Å². The fourth-order valence-corrected chi connectivity index (χ4v) is 5.46. The third-order valence-corrected chi connectivity index (χ3v) is 7.10. The van der Waals surface area contributed by atoms with Crippen LogP contribution in [0, 0.1) is 0 Å². The lowest BCUT2D eigenvalue weighted by Gasteiger charge is -2.34. The van der Waals surface area contributed by atoms with Gasteiger partial charge in [-0.25, -0.2) is 0 Å². The van der Waals surface area contributed by atoms with Crippen molar-refractivity contribution in [1.29, 1.82) is 0 Å². The number of anilines is 2. The predicted octanol–water partition coefficient (Wildman–Crippen LogP) is 3.48. The number of rotatable bonds is 7. The summed E-state index contributed by atoms with van der Waals surface area (Å²) in [5.74, 6) is 0.929. The van der Waals surface area contributed by atoms with Crippen LogP contribution in [0.15, 0.2) is 42.5 Å². The molecular formula is C27H34N4O5. The topological polar surface area (TPSA) is 109 Å². The van der Waals surface area contributed by atoms with Crippen LogP contribution in [0.1, 0.15) is 51.1 Å². The number of hydrogen-bond donors (Lipinski definition) is 3. The third-order valence-electron chi connectivity index (χ3n) is 7.10. The van der Waals surface area contributed by atoms with Gasteiger partial charge >= 0.3 is 0 Å². The molecule has 0 bridgehead atoms. The first-order valence-corrected chi connectivity index (χ1v) is 12.2. The van der Waals surface area contributed by atoms with E-state index in [9.17, 15) is 14.4 Å². The summed E-state index contributed by atoms with van der Waals surface area (Å²) in [5.41, 5.74) is 1.57. The zero-order valence-corrected chi connectivity index (χ0v) is 21.2. The van der Waals surface area contributed by atoms with Crippen molar-refractivity contribution in [3.8, 4) is 11.5 Å². The molecule has 9 nitrogen and oxygen atoms in total. The van der Waals surface area contributed by atoms with Crippen LogP contribution in [0.5, 0.6) is 11.5 Å². The summed E-state index contributed by atoms with van der Waals surface area (Å²) in [5, 5.41) is 8.95. The second kappa shape index (κ2) is 10.6. The van der Waals surface area contributed by atoms with Gasteiger partial charge in [0.25, 0.3) is 0 Å². The third kappa shape index (κ3) is 5.46. The first-order valence-electron chi connectivity index (χ1n) is 12.2. The van der Waals surface area contributed by atoms with Gasteiger partial charge in [-0.05, 0) is 56.0 Å². The molecule has 36 heavy (non-hydrogen) atoms. The molecule has 2 aliphatic heterocycles. The summed E-state index contributed by atoms with van der Waals surface area (Å²) >= 11 is 0. The number of hydrogen-bond acceptors (Lipinski definition) is 6. The lowest BCUT2D eigenvalue weighted by atomic mass is 9.88. The lowest BCUT2D eigenvalue weighted by molar-refractivity contribution is -0.122. The fourth-order valence-electron chi connectivity index (χ4n) is 5.46. The van der Waals surface area contributed by atoms with Crippen LogP contribution in [0.25, 0.3) is 0 Å². The predicted molar refractivity (Wildman–Crippen MR) is 137 cm³/mol. The first kappa shape index (κ1) is 25.5. The van der Waals surface area contributed by atoms with E-state index in [2.05, 4.69) is 27.8 Å². The molecule has 0 unspecified atom stereocenters. The molecule has 9 heteroatoms. The highest BCUT2D eigenvalue weighted by Gasteiger charge is 2.51. The van der Waals surface area contributed by atoms with Crippen molar-refractivity contribution in [1.82, 2.24) is 10.2 Å². The number of carbonyl (C=O) groups is 3. The maximum absolute atomic E-state index is 13.4. The van der Waals surface area contributed by atoms with Crippen molar-refractivity contribution in [2.45, 2.75) is 57.2 Å². The summed E-state index contributed by atoms with van der Waals surface area (Å²) in [4.78, 5) is 39.7. The number of benzene rings is 2. The molecule has 0 spiro atoms. The average Bonchev–Trinajstić information content (AvgIpc) is 3.00. The molecule has 2 saturated heterocycles. The van der Waals surface area contributed by atoms with Crippen LogP contribution < -0.4 is 25.4 Å². The SMILES string of the molecule is COc1ccc([C@@H]2C[C@]3(C)NC(=O)CCC[C@@H]3N2CC(=O)Nc2cc(OC)ccc2NC(C)=O)cc1. The van der Waals surface area contributed by atoms with Gasteiger partial charge in [-0.15, -0.1) is 0 Å². The van der Waals surface area contributed by atoms with Crippen LogP contribution in [0.4, 0.5) is 11.4 Å². The summed E-state index contributed by atoms with van der Waals surface area (Å²) < 4.78 is 10.6. The molecule has 2 aromatic carbocycles. The number of nitrogens with zero attached hydrogens (tertiary/aromatic N) is 1. The van der Waals surface area contributed by atoms with E-state index < -0.39 is 5.54 Å². The molecule has 3 atom stereocenters. The maximum atomic E-state index is 13.4. The van der Waals surface area contributed by atoms with Crippen LogP contribution in [0.3, 0.4) is 0 Å². The van der Waals surface area contributed by atoms with Crippen molar-refractivity contribution in [3.63, 3.8) is 0 Å². The quantitative estimate of drug-likeness (QED) is 0.544. The van der Waals surface area contributed by atoms with Crippen molar-refractivity contribution >= 4 is 29.1 Å². The Morgan fingerprint density at radius 1 is 1.06 bits per heavy atom. The number of fused-ring (bicyclic) bond motifs is 1. The van der Waals surface area contributed by atoms with Gasteiger partial charge in [-0.2, -0.15) is 0 Å². The molecule has 192 valence electrons. The summed E-state index contributed by atoms with van der Waals surface area (Å²) in [6, 6.07) is 12.9. The van der Waals surface area contributed by atoms with Gasteiger partial charge in [0.05, 0.1) is 37.7 Å². The molecule has 2 aromatic rings. The Hall–Kier alpha value is -3.59. The summed E-state index contributed by atoms with van der Waals surface area (Å²) in [6.07, 6.45) is 2.76. The van der Waals surface area contributed by atoms with E-state index in [0.717, 1.165) is 24.2 Å².